The lowest BCUT2D eigenvalue weighted by Gasteiger charge is -2.19. The minimum absolute atomic E-state index is 0.00728. The molecule has 0 aromatic rings. The van der Waals surface area contributed by atoms with E-state index in [9.17, 15) is 4.79 Å². The van der Waals surface area contributed by atoms with Crippen LogP contribution in [0.3, 0.4) is 0 Å². The van der Waals surface area contributed by atoms with E-state index >= 15 is 0 Å². The van der Waals surface area contributed by atoms with Crippen LogP contribution in [0.4, 0.5) is 0 Å². The highest BCUT2D eigenvalue weighted by Gasteiger charge is 2.48. The Bertz CT molecular complexity index is 757. The van der Waals surface area contributed by atoms with Crippen LogP contribution in [0, 0.1) is 35.5 Å². The Morgan fingerprint density at radius 1 is 0.732 bits per heavy atom. The normalized spacial score (nSPS) is 31.6. The summed E-state index contributed by atoms with van der Waals surface area (Å²) < 4.78 is 17.5. The Hall–Kier alpha value is -1.63. The van der Waals surface area contributed by atoms with Gasteiger partial charge in [0.2, 0.25) is 5.91 Å². The van der Waals surface area contributed by atoms with Gasteiger partial charge in [0.1, 0.15) is 0 Å². The van der Waals surface area contributed by atoms with Crippen LogP contribution in [0.1, 0.15) is 90.9 Å². The molecule has 0 saturated heterocycles. The number of hydrogen-bond donors (Lipinski definition) is 2. The van der Waals surface area contributed by atoms with Crippen LogP contribution in [0.15, 0.2) is 36.6 Å². The van der Waals surface area contributed by atoms with Crippen molar-refractivity contribution in [1.82, 2.24) is 10.6 Å². The minimum atomic E-state index is -0.0152. The lowest BCUT2D eigenvalue weighted by molar-refractivity contribution is -0.121. The lowest BCUT2D eigenvalue weighted by Crippen LogP contribution is -2.30. The van der Waals surface area contributed by atoms with Crippen molar-refractivity contribution in [3.63, 3.8) is 0 Å². The van der Waals surface area contributed by atoms with Crippen molar-refractivity contribution < 1.29 is 19.0 Å². The third-order valence-corrected chi connectivity index (χ3v) is 9.86. The molecule has 0 spiro atoms. The van der Waals surface area contributed by atoms with E-state index in [0.717, 1.165) is 60.6 Å². The van der Waals surface area contributed by atoms with Crippen molar-refractivity contribution in [2.45, 2.75) is 103 Å². The average Bonchev–Trinajstić information content (AvgIpc) is 3.78. The van der Waals surface area contributed by atoms with Gasteiger partial charge >= 0.3 is 0 Å². The summed E-state index contributed by atoms with van der Waals surface area (Å²) >= 11 is 0. The molecule has 6 atom stereocenters. The van der Waals surface area contributed by atoms with Gasteiger partial charge in [-0.05, 0) is 120 Å². The molecule has 41 heavy (non-hydrogen) atoms. The zero-order valence-electron chi connectivity index (χ0n) is 26.0. The molecule has 4 rings (SSSR count). The van der Waals surface area contributed by atoms with Crippen molar-refractivity contribution in [2.24, 2.45) is 35.5 Å². The molecule has 0 aromatic heterocycles. The molecule has 6 heteroatoms. The number of nitrogens with one attached hydrogen (secondary N) is 2. The second-order valence-electron chi connectivity index (χ2n) is 13.1. The van der Waals surface area contributed by atoms with Gasteiger partial charge in [-0.25, -0.2) is 0 Å². The maximum Gasteiger partial charge on any atom is 0.220 e. The summed E-state index contributed by atoms with van der Waals surface area (Å²) in [7, 11) is 0. The quantitative estimate of drug-likeness (QED) is 0.136. The number of carbonyl (C=O) groups is 1. The second kappa shape index (κ2) is 17.5. The summed E-state index contributed by atoms with van der Waals surface area (Å²) in [4.78, 5) is 12.2. The van der Waals surface area contributed by atoms with Gasteiger partial charge < -0.3 is 24.8 Å². The van der Waals surface area contributed by atoms with Crippen molar-refractivity contribution in [3.05, 3.63) is 36.6 Å². The largest absolute Gasteiger partial charge is 0.387 e. The van der Waals surface area contributed by atoms with Gasteiger partial charge in [0.15, 0.2) is 0 Å². The van der Waals surface area contributed by atoms with Gasteiger partial charge in [-0.3, -0.25) is 4.79 Å². The molecule has 6 unspecified atom stereocenters. The summed E-state index contributed by atoms with van der Waals surface area (Å²) in [6.07, 6.45) is 23.7. The summed E-state index contributed by atoms with van der Waals surface area (Å²) in [5.41, 5.74) is 1.14. The smallest absolute Gasteiger partial charge is 0.220 e. The summed E-state index contributed by atoms with van der Waals surface area (Å²) in [6.45, 7) is 11.9. The van der Waals surface area contributed by atoms with Crippen LogP contribution in [-0.4, -0.2) is 57.6 Å². The highest BCUT2D eigenvalue weighted by Crippen LogP contribution is 2.56. The van der Waals surface area contributed by atoms with Crippen LogP contribution in [-0.2, 0) is 19.0 Å². The van der Waals surface area contributed by atoms with Gasteiger partial charge in [0, 0.05) is 25.2 Å². The Morgan fingerprint density at radius 2 is 1.17 bits per heavy atom. The van der Waals surface area contributed by atoms with Gasteiger partial charge in [0.25, 0.3) is 0 Å². The Morgan fingerprint density at radius 3 is 1.66 bits per heavy atom. The fraction of sp³-hybridized carbons (Fsp3) is 0.800. The average molecular weight is 571 g/mol. The van der Waals surface area contributed by atoms with Crippen LogP contribution >= 0.6 is 0 Å². The molecule has 6 nitrogen and oxygen atoms in total. The fourth-order valence-corrected chi connectivity index (χ4v) is 7.60. The van der Waals surface area contributed by atoms with Crippen molar-refractivity contribution >= 4 is 5.91 Å². The van der Waals surface area contributed by atoms with E-state index in [0.29, 0.717) is 39.4 Å². The number of hydrogen-bond acceptors (Lipinski definition) is 5. The van der Waals surface area contributed by atoms with Crippen molar-refractivity contribution in [1.29, 1.82) is 0 Å². The zero-order valence-corrected chi connectivity index (χ0v) is 26.0. The molecule has 0 bridgehead atoms. The van der Waals surface area contributed by atoms with E-state index < -0.39 is 0 Å². The Balaban J connectivity index is 0.915. The van der Waals surface area contributed by atoms with E-state index in [1.165, 1.54) is 57.8 Å². The van der Waals surface area contributed by atoms with Gasteiger partial charge in [0.05, 0.1) is 38.6 Å². The number of fused-ring (bicyclic) bond motifs is 2. The van der Waals surface area contributed by atoms with E-state index in [1.807, 2.05) is 13.8 Å². The van der Waals surface area contributed by atoms with E-state index in [1.54, 1.807) is 0 Å². The molecule has 0 heterocycles. The molecule has 232 valence electrons. The first-order chi connectivity index (χ1) is 20.0. The van der Waals surface area contributed by atoms with Crippen LogP contribution in [0.25, 0.3) is 0 Å². The summed E-state index contributed by atoms with van der Waals surface area (Å²) in [5.74, 6) is 5.49. The molecule has 2 saturated carbocycles. The topological polar surface area (TPSA) is 68.8 Å². The molecular weight excluding hydrogens is 512 g/mol. The third-order valence-electron chi connectivity index (χ3n) is 9.86. The maximum absolute atomic E-state index is 12.2. The molecule has 0 radical (unpaired) electrons. The molecule has 2 N–H and O–H groups in total. The number of carbonyl (C=O) groups excluding carboxylic acids is 1. The summed E-state index contributed by atoms with van der Waals surface area (Å²) in [6, 6.07) is 0. The molecule has 1 amide bonds. The van der Waals surface area contributed by atoms with Gasteiger partial charge in [-0.15, -0.1) is 0 Å². The summed E-state index contributed by atoms with van der Waals surface area (Å²) in [5, 5.41) is 6.46. The van der Waals surface area contributed by atoms with Crippen LogP contribution in [0.2, 0.25) is 0 Å². The predicted octanol–water partition coefficient (Wildman–Crippen LogP) is 6.58. The number of amides is 1. The molecule has 2 fully saturated rings. The SMILES string of the molecule is C=C(CCC1C2CC/C=C\CCC21)NCCOCC(C)OC(C)COCCNC(=O)CCC1C2CC/C=C\CCC21. The number of allylic oxidation sites excluding steroid dienone is 5. The fourth-order valence-electron chi connectivity index (χ4n) is 7.60. The molecule has 0 aromatic carbocycles. The first-order valence-electron chi connectivity index (χ1n) is 16.8. The molecular formula is C35H58N2O4. The highest BCUT2D eigenvalue weighted by molar-refractivity contribution is 5.75. The number of rotatable bonds is 19. The molecule has 4 aliphatic rings. The molecule has 0 aliphatic heterocycles. The first-order valence-corrected chi connectivity index (χ1v) is 16.8. The monoisotopic (exact) mass is 570 g/mol. The van der Waals surface area contributed by atoms with E-state index in [-0.39, 0.29) is 18.1 Å². The van der Waals surface area contributed by atoms with Crippen LogP contribution in [0.5, 0.6) is 0 Å². The van der Waals surface area contributed by atoms with Crippen LogP contribution < -0.4 is 10.6 Å². The van der Waals surface area contributed by atoms with Crippen molar-refractivity contribution in [3.8, 4) is 0 Å². The highest BCUT2D eigenvalue weighted by atomic mass is 16.6. The zero-order chi connectivity index (χ0) is 28.9. The first kappa shape index (κ1) is 32.3. The Labute approximate surface area is 250 Å². The molecule has 4 aliphatic carbocycles. The predicted molar refractivity (Wildman–Crippen MR) is 166 cm³/mol. The van der Waals surface area contributed by atoms with E-state index in [2.05, 4.69) is 41.5 Å². The van der Waals surface area contributed by atoms with Gasteiger partial charge in [-0.1, -0.05) is 30.9 Å². The minimum Gasteiger partial charge on any atom is -0.387 e. The third kappa shape index (κ3) is 11.5. The standard InChI is InChI=1S/C35H58N2O4/c1-26(16-17-33-29-12-8-4-5-9-13-30(29)33)36-20-22-39-24-27(2)41-28(3)25-40-23-21-37-35(38)19-18-34-31-14-10-6-7-11-15-32(31)34/h4-7,27-34,36H,1,8-25H2,2-3H3,(H,37,38)/b5-4-,7-6-. The maximum atomic E-state index is 12.2. The Kier molecular flexibility index (Phi) is 13.8. The van der Waals surface area contributed by atoms with Crippen molar-refractivity contribution in [2.75, 3.05) is 39.5 Å². The van der Waals surface area contributed by atoms with Gasteiger partial charge in [-0.2, -0.15) is 0 Å². The lowest BCUT2D eigenvalue weighted by atomic mass is 10.1. The number of ether oxygens (including phenoxy) is 3. The second-order valence-corrected chi connectivity index (χ2v) is 13.1. The van der Waals surface area contributed by atoms with E-state index in [4.69, 9.17) is 14.2 Å².